The Morgan fingerprint density at radius 2 is 2.09 bits per heavy atom. The first-order valence-electron chi connectivity index (χ1n) is 3.91. The summed E-state index contributed by atoms with van der Waals surface area (Å²) in [5.74, 6) is 1.02. The van der Waals surface area contributed by atoms with E-state index in [2.05, 4.69) is 20.4 Å². The highest BCUT2D eigenvalue weighted by molar-refractivity contribution is 4.80. The van der Waals surface area contributed by atoms with Crippen LogP contribution in [0.4, 0.5) is 0 Å². The van der Waals surface area contributed by atoms with Crippen LogP contribution in [0, 0.1) is 11.8 Å². The molecule has 1 unspecified atom stereocenters. The van der Waals surface area contributed by atoms with Crippen molar-refractivity contribution in [3.05, 3.63) is 12.7 Å². The number of ether oxygens (including phenoxy) is 2. The minimum absolute atomic E-state index is 0.372. The van der Waals surface area contributed by atoms with E-state index in [1.165, 1.54) is 0 Å². The van der Waals surface area contributed by atoms with Gasteiger partial charge in [-0.15, -0.1) is 6.58 Å². The lowest BCUT2D eigenvalue weighted by atomic mass is 9.97. The predicted molar refractivity (Wildman–Crippen MR) is 46.4 cm³/mol. The second-order valence-corrected chi connectivity index (χ2v) is 2.92. The molecule has 0 spiro atoms. The SMILES string of the molecule is C=CC(COCOC)C(C)C. The molecule has 2 heteroatoms. The van der Waals surface area contributed by atoms with Crippen molar-refractivity contribution in [3.8, 4) is 0 Å². The van der Waals surface area contributed by atoms with Gasteiger partial charge in [-0.05, 0) is 5.92 Å². The van der Waals surface area contributed by atoms with Gasteiger partial charge in [0.1, 0.15) is 6.79 Å². The quantitative estimate of drug-likeness (QED) is 0.334. The maximum atomic E-state index is 5.20. The molecular formula is C9H18O2. The zero-order valence-electron chi connectivity index (χ0n) is 7.67. The Morgan fingerprint density at radius 3 is 2.45 bits per heavy atom. The number of rotatable bonds is 6. The Kier molecular flexibility index (Phi) is 6.18. The van der Waals surface area contributed by atoms with E-state index in [9.17, 15) is 0 Å². The van der Waals surface area contributed by atoms with Crippen LogP contribution in [-0.4, -0.2) is 20.5 Å². The zero-order valence-corrected chi connectivity index (χ0v) is 7.67. The van der Waals surface area contributed by atoms with Gasteiger partial charge in [0.15, 0.2) is 0 Å². The van der Waals surface area contributed by atoms with E-state index >= 15 is 0 Å². The predicted octanol–water partition coefficient (Wildman–Crippen LogP) is 2.07. The number of hydrogen-bond donors (Lipinski definition) is 0. The van der Waals surface area contributed by atoms with Crippen molar-refractivity contribution in [2.75, 3.05) is 20.5 Å². The molecule has 0 N–H and O–H groups in total. The molecule has 11 heavy (non-hydrogen) atoms. The average Bonchev–Trinajstić information content (AvgIpc) is 1.97. The van der Waals surface area contributed by atoms with Gasteiger partial charge in [-0.3, -0.25) is 0 Å². The summed E-state index contributed by atoms with van der Waals surface area (Å²) in [7, 11) is 1.62. The monoisotopic (exact) mass is 158 g/mol. The van der Waals surface area contributed by atoms with E-state index in [0.717, 1.165) is 0 Å². The lowest BCUT2D eigenvalue weighted by Gasteiger charge is -2.15. The van der Waals surface area contributed by atoms with Gasteiger partial charge in [0.25, 0.3) is 0 Å². The van der Waals surface area contributed by atoms with Gasteiger partial charge in [-0.2, -0.15) is 0 Å². The molecular weight excluding hydrogens is 140 g/mol. The third kappa shape index (κ3) is 4.99. The van der Waals surface area contributed by atoms with Gasteiger partial charge in [0.05, 0.1) is 6.61 Å². The average molecular weight is 158 g/mol. The minimum Gasteiger partial charge on any atom is -0.359 e. The molecule has 66 valence electrons. The van der Waals surface area contributed by atoms with E-state index < -0.39 is 0 Å². The summed E-state index contributed by atoms with van der Waals surface area (Å²) in [6, 6.07) is 0. The third-order valence-corrected chi connectivity index (χ3v) is 1.67. The van der Waals surface area contributed by atoms with Crippen LogP contribution >= 0.6 is 0 Å². The Hall–Kier alpha value is -0.340. The van der Waals surface area contributed by atoms with E-state index in [0.29, 0.717) is 25.2 Å². The fraction of sp³-hybridized carbons (Fsp3) is 0.778. The smallest absolute Gasteiger partial charge is 0.146 e. The van der Waals surface area contributed by atoms with Crippen molar-refractivity contribution in [3.63, 3.8) is 0 Å². The fourth-order valence-corrected chi connectivity index (χ4v) is 0.800. The highest BCUT2D eigenvalue weighted by Crippen LogP contribution is 2.11. The summed E-state index contributed by atoms with van der Waals surface area (Å²) < 4.78 is 9.96. The molecule has 1 atom stereocenters. The van der Waals surface area contributed by atoms with E-state index in [1.807, 2.05) is 6.08 Å². The third-order valence-electron chi connectivity index (χ3n) is 1.67. The summed E-state index contributed by atoms with van der Waals surface area (Å²) in [4.78, 5) is 0. The summed E-state index contributed by atoms with van der Waals surface area (Å²) in [6.07, 6.45) is 1.93. The maximum absolute atomic E-state index is 5.20. The molecule has 0 saturated carbocycles. The Morgan fingerprint density at radius 1 is 1.45 bits per heavy atom. The van der Waals surface area contributed by atoms with Crippen LogP contribution in [-0.2, 0) is 9.47 Å². The molecule has 0 aliphatic heterocycles. The molecule has 2 nitrogen and oxygen atoms in total. The standard InChI is InChI=1S/C9H18O2/c1-5-9(8(2)3)6-11-7-10-4/h5,8-9H,1,6-7H2,2-4H3. The molecule has 0 fully saturated rings. The van der Waals surface area contributed by atoms with Gasteiger partial charge in [0, 0.05) is 13.0 Å². The Labute approximate surface area is 69.2 Å². The van der Waals surface area contributed by atoms with E-state index in [1.54, 1.807) is 7.11 Å². The van der Waals surface area contributed by atoms with Gasteiger partial charge in [0.2, 0.25) is 0 Å². The van der Waals surface area contributed by atoms with Crippen LogP contribution in [0.15, 0.2) is 12.7 Å². The van der Waals surface area contributed by atoms with Crippen molar-refractivity contribution in [2.24, 2.45) is 11.8 Å². The lowest BCUT2D eigenvalue weighted by molar-refractivity contribution is -0.0425. The van der Waals surface area contributed by atoms with E-state index in [-0.39, 0.29) is 0 Å². The molecule has 0 saturated heterocycles. The Bertz CT molecular complexity index is 99.7. The molecule has 0 heterocycles. The van der Waals surface area contributed by atoms with Crippen molar-refractivity contribution in [2.45, 2.75) is 13.8 Å². The summed E-state index contributed by atoms with van der Waals surface area (Å²) >= 11 is 0. The van der Waals surface area contributed by atoms with Crippen molar-refractivity contribution >= 4 is 0 Å². The van der Waals surface area contributed by atoms with Crippen LogP contribution in [0.25, 0.3) is 0 Å². The molecule has 0 aromatic carbocycles. The second kappa shape index (κ2) is 6.38. The highest BCUT2D eigenvalue weighted by atomic mass is 16.7. The first kappa shape index (κ1) is 10.7. The maximum Gasteiger partial charge on any atom is 0.146 e. The topological polar surface area (TPSA) is 18.5 Å². The van der Waals surface area contributed by atoms with Crippen LogP contribution in [0.3, 0.4) is 0 Å². The van der Waals surface area contributed by atoms with Crippen LogP contribution in [0.1, 0.15) is 13.8 Å². The fourth-order valence-electron chi connectivity index (χ4n) is 0.800. The molecule has 0 aliphatic rings. The van der Waals surface area contributed by atoms with Crippen LogP contribution in [0.5, 0.6) is 0 Å². The largest absolute Gasteiger partial charge is 0.359 e. The Balaban J connectivity index is 3.44. The van der Waals surface area contributed by atoms with Gasteiger partial charge in [-0.1, -0.05) is 19.9 Å². The normalized spacial score (nSPS) is 13.5. The van der Waals surface area contributed by atoms with Gasteiger partial charge in [-0.25, -0.2) is 0 Å². The second-order valence-electron chi connectivity index (χ2n) is 2.92. The zero-order chi connectivity index (χ0) is 8.69. The highest BCUT2D eigenvalue weighted by Gasteiger charge is 2.08. The molecule has 0 bridgehead atoms. The first-order valence-corrected chi connectivity index (χ1v) is 3.91. The van der Waals surface area contributed by atoms with Crippen LogP contribution in [0.2, 0.25) is 0 Å². The van der Waals surface area contributed by atoms with Crippen molar-refractivity contribution in [1.82, 2.24) is 0 Å². The molecule has 0 amide bonds. The number of methoxy groups -OCH3 is 1. The summed E-state index contributed by atoms with van der Waals surface area (Å²) in [5.41, 5.74) is 0. The molecule has 0 radical (unpaired) electrons. The minimum atomic E-state index is 0.372. The molecule has 0 aromatic heterocycles. The summed E-state index contributed by atoms with van der Waals surface area (Å²) in [6.45, 7) is 9.13. The van der Waals surface area contributed by atoms with Gasteiger partial charge >= 0.3 is 0 Å². The molecule has 0 aliphatic carbocycles. The lowest BCUT2D eigenvalue weighted by Crippen LogP contribution is -2.14. The van der Waals surface area contributed by atoms with Crippen molar-refractivity contribution < 1.29 is 9.47 Å². The first-order chi connectivity index (χ1) is 5.22. The van der Waals surface area contributed by atoms with Crippen LogP contribution < -0.4 is 0 Å². The number of hydrogen-bond acceptors (Lipinski definition) is 2. The molecule has 0 rings (SSSR count). The van der Waals surface area contributed by atoms with Gasteiger partial charge < -0.3 is 9.47 Å². The molecule has 0 aromatic rings. The van der Waals surface area contributed by atoms with Crippen molar-refractivity contribution in [1.29, 1.82) is 0 Å². The summed E-state index contributed by atoms with van der Waals surface area (Å²) in [5, 5.41) is 0. The van der Waals surface area contributed by atoms with E-state index in [4.69, 9.17) is 9.47 Å².